The molecule has 0 atom stereocenters. The molecule has 2 heterocycles. The van der Waals surface area contributed by atoms with Crippen molar-refractivity contribution in [2.45, 2.75) is 0 Å². The van der Waals surface area contributed by atoms with Crippen LogP contribution in [0.4, 0.5) is 31.8 Å². The number of rotatable bonds is 4. The van der Waals surface area contributed by atoms with Crippen LogP contribution in [0.15, 0.2) is 48.5 Å². The molecule has 0 saturated heterocycles. The lowest BCUT2D eigenvalue weighted by atomic mass is 10.3. The van der Waals surface area contributed by atoms with Gasteiger partial charge in [0.25, 0.3) is 0 Å². The van der Waals surface area contributed by atoms with E-state index >= 15 is 0 Å². The van der Waals surface area contributed by atoms with E-state index in [4.69, 9.17) is 0 Å². The third kappa shape index (κ3) is 3.09. The van der Waals surface area contributed by atoms with Crippen molar-refractivity contribution < 1.29 is 8.78 Å². The Morgan fingerprint density at radius 3 is 1.56 bits per heavy atom. The van der Waals surface area contributed by atoms with Gasteiger partial charge >= 0.3 is 0 Å². The fraction of sp³-hybridized carbons (Fsp3) is 0. The molecule has 0 saturated carbocycles. The Balaban J connectivity index is 1.78. The Morgan fingerprint density at radius 2 is 1.12 bits per heavy atom. The van der Waals surface area contributed by atoms with Gasteiger partial charge in [0.05, 0.1) is 23.1 Å². The third-order valence-electron chi connectivity index (χ3n) is 3.37. The maximum Gasteiger partial charge on any atom is 0.214 e. The van der Waals surface area contributed by atoms with E-state index in [0.717, 1.165) is 11.7 Å². The van der Waals surface area contributed by atoms with Crippen LogP contribution < -0.4 is 10.6 Å². The van der Waals surface area contributed by atoms with Gasteiger partial charge in [0.2, 0.25) is 11.3 Å². The van der Waals surface area contributed by atoms with Crippen LogP contribution in [0.1, 0.15) is 0 Å². The van der Waals surface area contributed by atoms with Crippen LogP contribution in [0.5, 0.6) is 0 Å². The second-order valence-corrected chi connectivity index (χ2v) is 5.57. The highest BCUT2D eigenvalue weighted by Gasteiger charge is 2.15. The number of para-hydroxylation sites is 2. The number of nitrogens with one attached hydrogen (secondary N) is 2. The van der Waals surface area contributed by atoms with E-state index in [0.29, 0.717) is 11.3 Å². The van der Waals surface area contributed by atoms with Gasteiger partial charge in [-0.25, -0.2) is 18.7 Å². The Labute approximate surface area is 144 Å². The maximum absolute atomic E-state index is 13.9. The van der Waals surface area contributed by atoms with E-state index in [9.17, 15) is 8.78 Å². The van der Waals surface area contributed by atoms with Gasteiger partial charge in [-0.2, -0.15) is 8.75 Å². The Hall–Kier alpha value is -3.20. The standard InChI is InChI=1S/C16H10F2N6S/c17-9-5-1-3-7-11(9)19-13-14(20-12-8-4-2-6-10(12)18)22-16-15(21-13)23-25-24-16/h1-8H,(H,19,21,23)(H,20,22,24). The molecule has 0 aliphatic carbocycles. The van der Waals surface area contributed by atoms with E-state index in [1.807, 2.05) is 0 Å². The minimum Gasteiger partial charge on any atom is -0.335 e. The maximum atomic E-state index is 13.9. The van der Waals surface area contributed by atoms with Gasteiger partial charge in [-0.3, -0.25) is 0 Å². The molecule has 2 aromatic heterocycles. The fourth-order valence-electron chi connectivity index (χ4n) is 2.19. The molecule has 0 aliphatic heterocycles. The summed E-state index contributed by atoms with van der Waals surface area (Å²) in [5.74, 6) is -0.461. The van der Waals surface area contributed by atoms with Crippen molar-refractivity contribution in [2.75, 3.05) is 10.6 Å². The lowest BCUT2D eigenvalue weighted by molar-refractivity contribution is 0.631. The van der Waals surface area contributed by atoms with Crippen LogP contribution in [0.3, 0.4) is 0 Å². The largest absolute Gasteiger partial charge is 0.335 e. The monoisotopic (exact) mass is 356 g/mol. The van der Waals surface area contributed by atoms with Gasteiger partial charge in [0.1, 0.15) is 11.6 Å². The topological polar surface area (TPSA) is 75.6 Å². The quantitative estimate of drug-likeness (QED) is 0.569. The van der Waals surface area contributed by atoms with E-state index in [-0.39, 0.29) is 23.0 Å². The number of fused-ring (bicyclic) bond motifs is 1. The van der Waals surface area contributed by atoms with Crippen LogP contribution in [0.25, 0.3) is 11.3 Å². The van der Waals surface area contributed by atoms with Crippen LogP contribution in [-0.4, -0.2) is 18.7 Å². The summed E-state index contributed by atoms with van der Waals surface area (Å²) in [7, 11) is 0. The molecule has 9 heteroatoms. The Morgan fingerprint density at radius 1 is 0.680 bits per heavy atom. The summed E-state index contributed by atoms with van der Waals surface area (Å²) in [5.41, 5.74) is 1.08. The molecular weight excluding hydrogens is 346 g/mol. The molecule has 0 bridgehead atoms. The molecule has 0 unspecified atom stereocenters. The first-order valence-electron chi connectivity index (χ1n) is 7.24. The first-order valence-corrected chi connectivity index (χ1v) is 7.97. The SMILES string of the molecule is Fc1ccccc1Nc1nc2nsnc2nc1Nc1ccccc1F. The molecule has 2 N–H and O–H groups in total. The predicted octanol–water partition coefficient (Wildman–Crippen LogP) is 4.25. The van der Waals surface area contributed by atoms with Crippen molar-refractivity contribution in [3.05, 3.63) is 60.2 Å². The van der Waals surface area contributed by atoms with Crippen molar-refractivity contribution in [3.63, 3.8) is 0 Å². The van der Waals surface area contributed by atoms with Gasteiger partial charge < -0.3 is 10.6 Å². The summed E-state index contributed by atoms with van der Waals surface area (Å²) < 4.78 is 35.9. The summed E-state index contributed by atoms with van der Waals surface area (Å²) in [5, 5.41) is 5.73. The van der Waals surface area contributed by atoms with E-state index < -0.39 is 11.6 Å². The van der Waals surface area contributed by atoms with Crippen LogP contribution >= 0.6 is 11.7 Å². The summed E-state index contributed by atoms with van der Waals surface area (Å²) in [6.07, 6.45) is 0. The molecule has 0 radical (unpaired) electrons. The number of hydrogen-bond donors (Lipinski definition) is 2. The van der Waals surface area contributed by atoms with Crippen LogP contribution in [0, 0.1) is 11.6 Å². The lowest BCUT2D eigenvalue weighted by Crippen LogP contribution is -2.05. The summed E-state index contributed by atoms with van der Waals surface area (Å²) >= 11 is 0.960. The number of anilines is 4. The predicted molar refractivity (Wildman–Crippen MR) is 92.4 cm³/mol. The molecule has 6 nitrogen and oxygen atoms in total. The zero-order valence-electron chi connectivity index (χ0n) is 12.6. The van der Waals surface area contributed by atoms with E-state index in [1.165, 1.54) is 12.1 Å². The summed E-state index contributed by atoms with van der Waals surface area (Å²) in [6, 6.07) is 12.3. The number of halogens is 2. The first-order chi connectivity index (χ1) is 12.2. The van der Waals surface area contributed by atoms with Crippen LogP contribution in [-0.2, 0) is 0 Å². The van der Waals surface area contributed by atoms with Crippen molar-refractivity contribution in [2.24, 2.45) is 0 Å². The summed E-state index contributed by atoms with van der Waals surface area (Å²) in [6.45, 7) is 0. The van der Waals surface area contributed by atoms with E-state index in [1.54, 1.807) is 36.4 Å². The second-order valence-electron chi connectivity index (χ2n) is 5.04. The molecule has 4 aromatic rings. The lowest BCUT2D eigenvalue weighted by Gasteiger charge is -2.12. The molecular formula is C16H10F2N6S. The minimum absolute atomic E-state index is 0.216. The van der Waals surface area contributed by atoms with Crippen LogP contribution in [0.2, 0.25) is 0 Å². The van der Waals surface area contributed by atoms with Crippen molar-refractivity contribution in [1.82, 2.24) is 18.7 Å². The molecule has 4 rings (SSSR count). The first kappa shape index (κ1) is 15.3. The van der Waals surface area contributed by atoms with Crippen molar-refractivity contribution in [1.29, 1.82) is 0 Å². The number of hydrogen-bond acceptors (Lipinski definition) is 7. The van der Waals surface area contributed by atoms with Gasteiger partial charge in [-0.1, -0.05) is 24.3 Å². The zero-order chi connectivity index (χ0) is 17.2. The highest BCUT2D eigenvalue weighted by molar-refractivity contribution is 6.99. The minimum atomic E-state index is -0.447. The Bertz CT molecular complexity index is 970. The molecule has 0 fully saturated rings. The molecule has 0 aliphatic rings. The fourth-order valence-corrected chi connectivity index (χ4v) is 2.63. The smallest absolute Gasteiger partial charge is 0.214 e. The third-order valence-corrected chi connectivity index (χ3v) is 3.88. The highest BCUT2D eigenvalue weighted by Crippen LogP contribution is 2.28. The molecule has 25 heavy (non-hydrogen) atoms. The second kappa shape index (κ2) is 6.36. The number of aromatic nitrogens is 4. The summed E-state index contributed by atoms with van der Waals surface area (Å²) in [4.78, 5) is 8.62. The average Bonchev–Trinajstić information content (AvgIpc) is 3.06. The number of benzene rings is 2. The van der Waals surface area contributed by atoms with E-state index in [2.05, 4.69) is 29.3 Å². The van der Waals surface area contributed by atoms with Gasteiger partial charge in [-0.15, -0.1) is 0 Å². The van der Waals surface area contributed by atoms with Gasteiger partial charge in [-0.05, 0) is 24.3 Å². The Kier molecular flexibility index (Phi) is 3.90. The number of nitrogens with zero attached hydrogens (tertiary/aromatic N) is 4. The zero-order valence-corrected chi connectivity index (χ0v) is 13.4. The van der Waals surface area contributed by atoms with Crippen molar-refractivity contribution in [3.8, 4) is 0 Å². The molecule has 124 valence electrons. The molecule has 0 amide bonds. The molecule has 0 spiro atoms. The normalized spacial score (nSPS) is 10.8. The van der Waals surface area contributed by atoms with Gasteiger partial charge in [0, 0.05) is 0 Å². The highest BCUT2D eigenvalue weighted by atomic mass is 32.1. The molecule has 2 aromatic carbocycles. The van der Waals surface area contributed by atoms with Crippen molar-refractivity contribution >= 4 is 46.0 Å². The average molecular weight is 356 g/mol. The van der Waals surface area contributed by atoms with Gasteiger partial charge in [0.15, 0.2) is 11.6 Å².